The first-order valence-electron chi connectivity index (χ1n) is 8.03. The van der Waals surface area contributed by atoms with Gasteiger partial charge in [0.15, 0.2) is 0 Å². The quantitative estimate of drug-likeness (QED) is 0.786. The summed E-state index contributed by atoms with van der Waals surface area (Å²) >= 11 is 1.81. The predicted octanol–water partition coefficient (Wildman–Crippen LogP) is 2.21. The van der Waals surface area contributed by atoms with E-state index in [-0.39, 0.29) is 11.2 Å². The number of hydrogen-bond acceptors (Lipinski definition) is 4. The molecule has 2 rings (SSSR count). The van der Waals surface area contributed by atoms with E-state index in [1.54, 1.807) is 17.7 Å². The van der Waals surface area contributed by atoms with E-state index < -0.39 is 0 Å². The number of aromatic amines is 1. The number of thioether (sulfide) groups is 1. The highest BCUT2D eigenvalue weighted by Crippen LogP contribution is 2.31. The van der Waals surface area contributed by atoms with Crippen molar-refractivity contribution in [2.45, 2.75) is 44.4 Å². The van der Waals surface area contributed by atoms with Crippen LogP contribution in [0, 0.1) is 20.8 Å². The molecule has 24 heavy (non-hydrogen) atoms. The molecule has 1 unspecified atom stereocenters. The number of aromatic nitrogens is 2. The summed E-state index contributed by atoms with van der Waals surface area (Å²) in [6.45, 7) is 9.42. The molecular formula is C18H25N3O2S. The number of aryl methyl sites for hydroxylation is 3. The summed E-state index contributed by atoms with van der Waals surface area (Å²) in [6, 6.07) is 4.28. The van der Waals surface area contributed by atoms with Crippen LogP contribution in [0.3, 0.4) is 0 Å². The minimum Gasteiger partial charge on any atom is -0.319 e. The Bertz CT molecular complexity index is 839. The molecule has 1 heterocycles. The van der Waals surface area contributed by atoms with E-state index in [4.69, 9.17) is 0 Å². The maximum Gasteiger partial charge on any atom is 0.328 e. The van der Waals surface area contributed by atoms with Gasteiger partial charge in [0.2, 0.25) is 0 Å². The lowest BCUT2D eigenvalue weighted by molar-refractivity contribution is 0.703. The lowest BCUT2D eigenvalue weighted by Gasteiger charge is -2.18. The summed E-state index contributed by atoms with van der Waals surface area (Å²) in [5, 5.41) is 3.62. The van der Waals surface area contributed by atoms with Crippen LogP contribution in [0.5, 0.6) is 0 Å². The Kier molecular flexibility index (Phi) is 6.07. The Balaban J connectivity index is 2.44. The molecule has 1 aromatic heterocycles. The highest BCUT2D eigenvalue weighted by atomic mass is 32.2. The molecule has 1 atom stereocenters. The van der Waals surface area contributed by atoms with Gasteiger partial charge in [-0.2, -0.15) is 0 Å². The first kappa shape index (κ1) is 18.5. The van der Waals surface area contributed by atoms with Crippen molar-refractivity contribution >= 4 is 11.8 Å². The highest BCUT2D eigenvalue weighted by molar-refractivity contribution is 8.00. The number of rotatable bonds is 6. The molecule has 0 aliphatic heterocycles. The monoisotopic (exact) mass is 347 g/mol. The van der Waals surface area contributed by atoms with Gasteiger partial charge in [-0.05, 0) is 38.9 Å². The van der Waals surface area contributed by atoms with Crippen molar-refractivity contribution in [1.29, 1.82) is 0 Å². The Hall–Kier alpha value is -1.79. The molecule has 6 heteroatoms. The Morgan fingerprint density at radius 2 is 1.92 bits per heavy atom. The minimum atomic E-state index is -0.371. The Morgan fingerprint density at radius 1 is 1.21 bits per heavy atom. The maximum absolute atomic E-state index is 12.1. The summed E-state index contributed by atoms with van der Waals surface area (Å²) in [7, 11) is 1.95. The standard InChI is InChI=1S/C18H25N3O2S/c1-11-6-12(2)16(24-14(4)8-19-5)15(7-11)10-21-9-13(3)17(22)20-18(21)23/h6-7,9,14,19H,8,10H2,1-5H3,(H,20,22,23). The normalized spacial score (nSPS) is 12.4. The second-order valence-electron chi connectivity index (χ2n) is 6.26. The van der Waals surface area contributed by atoms with E-state index in [9.17, 15) is 9.59 Å². The molecule has 0 spiro atoms. The molecule has 0 bridgehead atoms. The van der Waals surface area contributed by atoms with Crippen LogP contribution < -0.4 is 16.6 Å². The van der Waals surface area contributed by atoms with E-state index >= 15 is 0 Å². The predicted molar refractivity (Wildman–Crippen MR) is 100 cm³/mol. The van der Waals surface area contributed by atoms with E-state index in [0.29, 0.717) is 17.4 Å². The molecule has 0 saturated carbocycles. The maximum atomic E-state index is 12.1. The molecule has 0 fully saturated rings. The van der Waals surface area contributed by atoms with Gasteiger partial charge in [-0.15, -0.1) is 11.8 Å². The second kappa shape index (κ2) is 7.85. The van der Waals surface area contributed by atoms with Crippen LogP contribution >= 0.6 is 11.8 Å². The zero-order valence-electron chi connectivity index (χ0n) is 14.9. The van der Waals surface area contributed by atoms with Gasteiger partial charge < -0.3 is 5.32 Å². The van der Waals surface area contributed by atoms with Gasteiger partial charge in [-0.25, -0.2) is 4.79 Å². The first-order valence-corrected chi connectivity index (χ1v) is 8.91. The molecule has 5 nitrogen and oxygen atoms in total. The lowest BCUT2D eigenvalue weighted by Crippen LogP contribution is -2.31. The molecule has 0 radical (unpaired) electrons. The van der Waals surface area contributed by atoms with Gasteiger partial charge in [0.05, 0.1) is 6.54 Å². The number of H-pyrrole nitrogens is 1. The molecule has 0 saturated heterocycles. The van der Waals surface area contributed by atoms with E-state index in [1.807, 2.05) is 18.8 Å². The molecule has 0 aliphatic carbocycles. The number of nitrogens with zero attached hydrogens (tertiary/aromatic N) is 1. The molecule has 0 amide bonds. The highest BCUT2D eigenvalue weighted by Gasteiger charge is 2.13. The van der Waals surface area contributed by atoms with E-state index in [2.05, 4.69) is 43.2 Å². The van der Waals surface area contributed by atoms with Crippen molar-refractivity contribution in [3.8, 4) is 0 Å². The third-order valence-corrected chi connectivity index (χ3v) is 5.23. The average molecular weight is 347 g/mol. The van der Waals surface area contributed by atoms with Gasteiger partial charge in [0.1, 0.15) is 0 Å². The molecule has 2 aromatic rings. The van der Waals surface area contributed by atoms with Crippen molar-refractivity contribution in [3.63, 3.8) is 0 Å². The van der Waals surface area contributed by atoms with Crippen molar-refractivity contribution < 1.29 is 0 Å². The Labute approximate surface area is 146 Å². The fourth-order valence-electron chi connectivity index (χ4n) is 2.78. The van der Waals surface area contributed by atoms with Crippen molar-refractivity contribution in [3.05, 3.63) is 61.4 Å². The first-order chi connectivity index (χ1) is 11.3. The van der Waals surface area contributed by atoms with Gasteiger partial charge in [-0.3, -0.25) is 14.3 Å². The fraction of sp³-hybridized carbons (Fsp3) is 0.444. The molecule has 0 aliphatic rings. The number of hydrogen-bond donors (Lipinski definition) is 2. The fourth-order valence-corrected chi connectivity index (χ4v) is 3.95. The minimum absolute atomic E-state index is 0.325. The van der Waals surface area contributed by atoms with Crippen LogP contribution in [0.25, 0.3) is 0 Å². The lowest BCUT2D eigenvalue weighted by atomic mass is 10.1. The van der Waals surface area contributed by atoms with E-state index in [0.717, 1.165) is 12.1 Å². The van der Waals surface area contributed by atoms with Gasteiger partial charge in [-0.1, -0.05) is 24.6 Å². The third-order valence-electron chi connectivity index (χ3n) is 3.84. The third kappa shape index (κ3) is 4.39. The van der Waals surface area contributed by atoms with Crippen molar-refractivity contribution in [1.82, 2.24) is 14.9 Å². The molecule has 130 valence electrons. The van der Waals surface area contributed by atoms with E-state index in [1.165, 1.54) is 16.0 Å². The number of nitrogens with one attached hydrogen (secondary N) is 2. The average Bonchev–Trinajstić information content (AvgIpc) is 2.48. The van der Waals surface area contributed by atoms with Gasteiger partial charge >= 0.3 is 5.69 Å². The van der Waals surface area contributed by atoms with Gasteiger partial charge in [0.25, 0.3) is 5.56 Å². The summed E-state index contributed by atoms with van der Waals surface area (Å²) in [5.41, 5.74) is 3.33. The van der Waals surface area contributed by atoms with Crippen LogP contribution in [0.15, 0.2) is 32.8 Å². The number of benzene rings is 1. The summed E-state index contributed by atoms with van der Waals surface area (Å²) in [5.74, 6) is 0. The second-order valence-corrected chi connectivity index (χ2v) is 7.70. The van der Waals surface area contributed by atoms with Crippen LogP contribution in [0.4, 0.5) is 0 Å². The largest absolute Gasteiger partial charge is 0.328 e. The van der Waals surface area contributed by atoms with Gasteiger partial charge in [0, 0.05) is 28.5 Å². The molecule has 1 aromatic carbocycles. The summed E-state index contributed by atoms with van der Waals surface area (Å²) < 4.78 is 1.57. The molecule has 2 N–H and O–H groups in total. The van der Waals surface area contributed by atoms with Crippen LogP contribution in [0.2, 0.25) is 0 Å². The topological polar surface area (TPSA) is 66.9 Å². The van der Waals surface area contributed by atoms with Crippen molar-refractivity contribution in [2.75, 3.05) is 13.6 Å². The SMILES string of the molecule is CNCC(C)Sc1c(C)cc(C)cc1Cn1cc(C)c(=O)[nH]c1=O. The zero-order chi connectivity index (χ0) is 17.9. The van der Waals surface area contributed by atoms with Crippen LogP contribution in [0.1, 0.15) is 29.2 Å². The van der Waals surface area contributed by atoms with Crippen LogP contribution in [-0.2, 0) is 6.54 Å². The van der Waals surface area contributed by atoms with Crippen LogP contribution in [-0.4, -0.2) is 28.4 Å². The summed E-state index contributed by atoms with van der Waals surface area (Å²) in [4.78, 5) is 27.2. The molecular weight excluding hydrogens is 322 g/mol. The zero-order valence-corrected chi connectivity index (χ0v) is 15.7. The smallest absolute Gasteiger partial charge is 0.319 e. The van der Waals surface area contributed by atoms with Crippen molar-refractivity contribution in [2.24, 2.45) is 0 Å². The Morgan fingerprint density at radius 3 is 2.58 bits per heavy atom. The summed E-state index contributed by atoms with van der Waals surface area (Å²) in [6.07, 6.45) is 1.63.